The van der Waals surface area contributed by atoms with Gasteiger partial charge in [-0.3, -0.25) is 0 Å². The average Bonchev–Trinajstić information content (AvgIpc) is 1.16. The average molecular weight is 1650 g/mol. The van der Waals surface area contributed by atoms with Crippen LogP contribution in [-0.4, -0.2) is 15.8 Å². The third-order valence-electron chi connectivity index (χ3n) is 26.6. The maximum atomic E-state index is 2.79. The molecule has 1 unspecified atom stereocenters. The molecule has 4 aliphatic rings. The number of aromatic nitrogens is 2. The lowest BCUT2D eigenvalue weighted by molar-refractivity contribution is 0.590. The van der Waals surface area contributed by atoms with Crippen LogP contribution in [0.15, 0.2) is 491 Å². The lowest BCUT2D eigenvalue weighted by Crippen LogP contribution is -2.62. The van der Waals surface area contributed by atoms with Crippen molar-refractivity contribution in [3.05, 3.63) is 519 Å². The molecule has 1 atom stereocenters. The fourth-order valence-corrected chi connectivity index (χ4v) is 20.6. The number of hydrogen-bond acceptors (Lipinski definition) is 2. The number of hydrogen-bond donors (Lipinski definition) is 0. The minimum atomic E-state index is -0.446. The molecule has 19 aromatic rings. The van der Waals surface area contributed by atoms with Gasteiger partial charge in [-0.1, -0.05) is 445 Å². The molecule has 2 aliphatic carbocycles. The summed E-state index contributed by atoms with van der Waals surface area (Å²) >= 11 is 0. The highest BCUT2D eigenvalue weighted by Gasteiger charge is 2.48. The molecule has 0 saturated carbocycles. The number of benzene rings is 17. The van der Waals surface area contributed by atoms with Gasteiger partial charge >= 0.3 is 0 Å². The van der Waals surface area contributed by atoms with E-state index in [9.17, 15) is 0 Å². The third kappa shape index (κ3) is 13.9. The van der Waals surface area contributed by atoms with Gasteiger partial charge in [0.25, 0.3) is 6.71 Å². The highest BCUT2D eigenvalue weighted by molar-refractivity contribution is 7.00. The van der Waals surface area contributed by atoms with Gasteiger partial charge in [-0.15, -0.1) is 0 Å². The Kier molecular flexibility index (Phi) is 19.8. The van der Waals surface area contributed by atoms with E-state index in [0.717, 1.165) is 157 Å². The third-order valence-corrected chi connectivity index (χ3v) is 26.6. The fourth-order valence-electron chi connectivity index (χ4n) is 20.6. The Balaban J connectivity index is 0.915. The lowest BCUT2D eigenvalue weighted by Gasteiger charge is -2.47. The van der Waals surface area contributed by atoms with Crippen molar-refractivity contribution in [3.63, 3.8) is 0 Å². The first-order valence-corrected chi connectivity index (χ1v) is 45.1. The van der Waals surface area contributed by atoms with Crippen molar-refractivity contribution < 1.29 is 0 Å². The Bertz CT molecular complexity index is 7560. The molecule has 0 radical (unpaired) electrons. The normalized spacial score (nSPS) is 14.1. The van der Waals surface area contributed by atoms with Gasteiger partial charge in [-0.05, 0) is 172 Å². The molecule has 0 spiro atoms. The zero-order chi connectivity index (χ0) is 86.0. The largest absolute Gasteiger partial charge is 0.314 e. The first kappa shape index (κ1) is 77.7. The van der Waals surface area contributed by atoms with E-state index in [-0.39, 0.29) is 18.5 Å². The van der Waals surface area contributed by atoms with Gasteiger partial charge in [0, 0.05) is 89.9 Å². The maximum Gasteiger partial charge on any atom is 0.252 e. The molecule has 4 heterocycles. The minimum absolute atomic E-state index is 0.0193. The van der Waals surface area contributed by atoms with Gasteiger partial charge < -0.3 is 18.9 Å². The number of rotatable bonds is 16. The zero-order valence-corrected chi connectivity index (χ0v) is 72.2. The summed E-state index contributed by atoms with van der Waals surface area (Å²) in [6, 6.07) is 162. The molecule has 2 aromatic heterocycles. The monoisotopic (exact) mass is 1650 g/mol. The molecule has 610 valence electrons. The molecule has 2 aliphatic heterocycles. The van der Waals surface area contributed by atoms with Crippen molar-refractivity contribution in [1.82, 2.24) is 9.13 Å². The summed E-state index contributed by atoms with van der Waals surface area (Å²) in [6.07, 6.45) is 20.8. The predicted octanol–water partition coefficient (Wildman–Crippen LogP) is 30.6. The SMILES string of the molecule is CC(C)(C)c1cc2c3c(c1)N(c1c(-c4ccccc4)cc(-c4ccccc4)cc1-c1cccc(-c4ccccc4)c1)c1cc(-n4c(-c5ccccc5)c5ccccc5c4-c4ccccc4)ccc1B3c1ccc(-n3c(-c4ccccc4)c4ccccc4c3-c3ccccc3)cc1N2C1=C(c2cccc(C3C=CC=CC=C3)c2)C=C(c2ccccc2)C=CC1c1ccccc1. The Morgan fingerprint density at radius 3 is 1.13 bits per heavy atom. The molecule has 4 nitrogen and oxygen atoms in total. The van der Waals surface area contributed by atoms with Crippen molar-refractivity contribution in [1.29, 1.82) is 0 Å². The van der Waals surface area contributed by atoms with Crippen LogP contribution in [0.3, 0.4) is 0 Å². The summed E-state index contributed by atoms with van der Waals surface area (Å²) in [5.41, 5.74) is 37.7. The summed E-state index contributed by atoms with van der Waals surface area (Å²) in [5, 5.41) is 4.70. The van der Waals surface area contributed by atoms with Gasteiger partial charge in [0.1, 0.15) is 0 Å². The standard InChI is InChI=1S/C124H91BN4/c1-124(2,3)100-80-115-117-116(81-100)129(123-108(89-51-25-10-26-52-89)78-99(87-47-21-8-22-48-87)79-110(123)98-64-40-62-95(76-98)85-43-17-6-18-44-85)114-83-102(127-120(92-57-31-13-32-58-92)106-67-37-38-68-107(106)121(127)93-59-33-14-34-60-93)71-74-112(114)125(117)111-73-70-101(126-118(90-53-27-11-28-54-90)104-65-35-36-66-105(104)119(126)91-55-29-12-30-56-91)82-113(111)128(115)122-103(88-49-23-9-24-50-88)72-69-96(86-45-19-7-20-46-86)77-109(122)97-63-39-61-94(75-97)84-41-15-4-5-16-42-84/h4-84,103H,1-3H3. The summed E-state index contributed by atoms with van der Waals surface area (Å²) < 4.78 is 5.18. The highest BCUT2D eigenvalue weighted by Crippen LogP contribution is 2.56. The molecule has 129 heavy (non-hydrogen) atoms. The van der Waals surface area contributed by atoms with E-state index in [1.165, 1.54) is 54.6 Å². The van der Waals surface area contributed by atoms with E-state index in [1.54, 1.807) is 0 Å². The quantitative estimate of drug-likeness (QED) is 0.0897. The highest BCUT2D eigenvalue weighted by atomic mass is 15.2. The van der Waals surface area contributed by atoms with Crippen molar-refractivity contribution in [2.24, 2.45) is 0 Å². The summed E-state index contributed by atoms with van der Waals surface area (Å²) in [7, 11) is 0. The summed E-state index contributed by atoms with van der Waals surface area (Å²) in [5.74, 6) is -0.325. The number of nitrogens with zero attached hydrogens (tertiary/aromatic N) is 4. The maximum absolute atomic E-state index is 2.79. The summed E-state index contributed by atoms with van der Waals surface area (Å²) in [6.45, 7) is 6.87. The van der Waals surface area contributed by atoms with Crippen LogP contribution in [0.1, 0.15) is 60.4 Å². The topological polar surface area (TPSA) is 16.3 Å². The molecule has 0 N–H and O–H groups in total. The van der Waals surface area contributed by atoms with E-state index in [4.69, 9.17) is 0 Å². The molecular formula is C124H91BN4. The van der Waals surface area contributed by atoms with Gasteiger partial charge in [0.2, 0.25) is 0 Å². The van der Waals surface area contributed by atoms with Crippen LogP contribution < -0.4 is 26.2 Å². The van der Waals surface area contributed by atoms with Crippen LogP contribution >= 0.6 is 0 Å². The molecular weight excluding hydrogens is 1560 g/mol. The van der Waals surface area contributed by atoms with Crippen LogP contribution in [-0.2, 0) is 5.41 Å². The second-order valence-electron chi connectivity index (χ2n) is 35.3. The Morgan fingerprint density at radius 1 is 0.271 bits per heavy atom. The number of fused-ring (bicyclic) bond motifs is 6. The van der Waals surface area contributed by atoms with Crippen LogP contribution in [0.4, 0.5) is 28.4 Å². The van der Waals surface area contributed by atoms with E-state index >= 15 is 0 Å². The first-order valence-electron chi connectivity index (χ1n) is 45.1. The van der Waals surface area contributed by atoms with Gasteiger partial charge in [-0.25, -0.2) is 0 Å². The Labute approximate surface area is 755 Å². The fraction of sp³-hybridized carbons (Fsp3) is 0.0484. The Morgan fingerprint density at radius 2 is 0.651 bits per heavy atom. The zero-order valence-electron chi connectivity index (χ0n) is 72.2. The minimum Gasteiger partial charge on any atom is -0.314 e. The van der Waals surface area contributed by atoms with Crippen molar-refractivity contribution in [2.75, 3.05) is 9.80 Å². The van der Waals surface area contributed by atoms with E-state index < -0.39 is 5.41 Å². The smallest absolute Gasteiger partial charge is 0.252 e. The molecule has 0 bridgehead atoms. The van der Waals surface area contributed by atoms with Gasteiger partial charge in [0.05, 0.1) is 28.5 Å². The second-order valence-corrected chi connectivity index (χ2v) is 35.3. The van der Waals surface area contributed by atoms with Crippen LogP contribution in [0.25, 0.3) is 134 Å². The molecule has 0 amide bonds. The van der Waals surface area contributed by atoms with E-state index in [2.05, 4.69) is 525 Å². The molecule has 23 rings (SSSR count). The molecule has 17 aromatic carbocycles. The molecule has 0 saturated heterocycles. The van der Waals surface area contributed by atoms with Gasteiger partial charge in [-0.2, -0.15) is 0 Å². The van der Waals surface area contributed by atoms with Crippen molar-refractivity contribution >= 4 is 84.2 Å². The molecule has 5 heteroatoms. The van der Waals surface area contributed by atoms with E-state index in [0.29, 0.717) is 0 Å². The number of anilines is 5. The Hall–Kier alpha value is -16.1. The number of allylic oxidation sites excluding steroid dienone is 11. The summed E-state index contributed by atoms with van der Waals surface area (Å²) in [4.78, 5) is 5.55. The van der Waals surface area contributed by atoms with Crippen LogP contribution in [0.2, 0.25) is 0 Å². The lowest BCUT2D eigenvalue weighted by atomic mass is 9.33. The van der Waals surface area contributed by atoms with Crippen LogP contribution in [0.5, 0.6) is 0 Å². The van der Waals surface area contributed by atoms with Crippen molar-refractivity contribution in [2.45, 2.75) is 38.0 Å². The van der Waals surface area contributed by atoms with Crippen molar-refractivity contribution in [3.8, 4) is 101 Å². The predicted molar refractivity (Wildman–Crippen MR) is 546 cm³/mol. The van der Waals surface area contributed by atoms with Crippen LogP contribution in [0, 0.1) is 0 Å². The first-order chi connectivity index (χ1) is 63.7. The molecule has 0 fully saturated rings. The van der Waals surface area contributed by atoms with E-state index in [1.807, 2.05) is 0 Å². The van der Waals surface area contributed by atoms with Gasteiger partial charge in [0.15, 0.2) is 0 Å². The second kappa shape index (κ2) is 32.8.